The zero-order chi connectivity index (χ0) is 14.8. The van der Waals surface area contributed by atoms with E-state index in [1.807, 2.05) is 0 Å². The van der Waals surface area contributed by atoms with E-state index in [2.05, 4.69) is 5.32 Å². The summed E-state index contributed by atoms with van der Waals surface area (Å²) in [5.74, 6) is -1.12. The highest BCUT2D eigenvalue weighted by atomic mass is 19.4. The number of nitrogens with one attached hydrogen (secondary N) is 1. The van der Waals surface area contributed by atoms with E-state index < -0.39 is 18.0 Å². The molecule has 1 aliphatic rings. The largest absolute Gasteiger partial charge is 0.493 e. The van der Waals surface area contributed by atoms with Gasteiger partial charge in [0, 0.05) is 31.7 Å². The van der Waals surface area contributed by atoms with Gasteiger partial charge in [-0.15, -0.1) is 0 Å². The molecule has 1 N–H and O–H groups in total. The number of benzene rings is 1. The molecule has 0 aliphatic carbocycles. The van der Waals surface area contributed by atoms with Gasteiger partial charge in [0.1, 0.15) is 6.04 Å². The molecule has 0 amide bonds. The second kappa shape index (κ2) is 5.97. The van der Waals surface area contributed by atoms with E-state index >= 15 is 0 Å². The standard InChI is InChI=1S/C13H16F4N2O/c1-20-11-9(3-2-4-10(11)14)12(13(15,16)17)19-7-5-18-6-8-19/h2-4,12,18H,5-8H2,1H3/t12-/m0/s1. The summed E-state index contributed by atoms with van der Waals surface area (Å²) in [6.45, 7) is 1.46. The summed E-state index contributed by atoms with van der Waals surface area (Å²) in [5.41, 5.74) is -0.179. The third kappa shape index (κ3) is 3.04. The van der Waals surface area contributed by atoms with E-state index in [4.69, 9.17) is 4.74 Å². The van der Waals surface area contributed by atoms with Crippen LogP contribution in [0.25, 0.3) is 0 Å². The number of para-hydroxylation sites is 1. The van der Waals surface area contributed by atoms with Crippen LogP contribution in [0.5, 0.6) is 5.75 Å². The zero-order valence-electron chi connectivity index (χ0n) is 11.0. The van der Waals surface area contributed by atoms with Crippen LogP contribution in [-0.4, -0.2) is 44.4 Å². The van der Waals surface area contributed by atoms with Crippen LogP contribution in [0.1, 0.15) is 11.6 Å². The molecule has 0 spiro atoms. The summed E-state index contributed by atoms with van der Waals surface area (Å²) in [7, 11) is 1.17. The van der Waals surface area contributed by atoms with Gasteiger partial charge < -0.3 is 10.1 Å². The maximum atomic E-state index is 13.6. The Hall–Kier alpha value is -1.34. The number of methoxy groups -OCH3 is 1. The molecule has 20 heavy (non-hydrogen) atoms. The van der Waals surface area contributed by atoms with Crippen molar-refractivity contribution in [2.75, 3.05) is 33.3 Å². The smallest absolute Gasteiger partial charge is 0.408 e. The van der Waals surface area contributed by atoms with Gasteiger partial charge >= 0.3 is 6.18 Å². The van der Waals surface area contributed by atoms with Crippen molar-refractivity contribution >= 4 is 0 Å². The number of hydrogen-bond acceptors (Lipinski definition) is 3. The average molecular weight is 292 g/mol. The van der Waals surface area contributed by atoms with Gasteiger partial charge in [-0.05, 0) is 6.07 Å². The van der Waals surface area contributed by atoms with Crippen LogP contribution < -0.4 is 10.1 Å². The number of ether oxygens (including phenoxy) is 1. The third-order valence-electron chi connectivity index (χ3n) is 3.32. The third-order valence-corrected chi connectivity index (χ3v) is 3.32. The molecule has 0 unspecified atom stereocenters. The first-order valence-electron chi connectivity index (χ1n) is 6.29. The Morgan fingerprint density at radius 2 is 1.90 bits per heavy atom. The van der Waals surface area contributed by atoms with E-state index in [1.54, 1.807) is 0 Å². The van der Waals surface area contributed by atoms with E-state index in [-0.39, 0.29) is 24.4 Å². The lowest BCUT2D eigenvalue weighted by Gasteiger charge is -2.36. The first kappa shape index (κ1) is 15.1. The lowest BCUT2D eigenvalue weighted by molar-refractivity contribution is -0.188. The molecule has 2 rings (SSSR count). The topological polar surface area (TPSA) is 24.5 Å². The van der Waals surface area contributed by atoms with Crippen LogP contribution in [0, 0.1) is 5.82 Å². The molecule has 1 aromatic carbocycles. The average Bonchev–Trinajstić information content (AvgIpc) is 2.39. The maximum absolute atomic E-state index is 13.6. The van der Waals surface area contributed by atoms with Crippen molar-refractivity contribution in [3.8, 4) is 5.75 Å². The lowest BCUT2D eigenvalue weighted by atomic mass is 10.0. The minimum absolute atomic E-state index is 0.179. The Labute approximate surface area is 114 Å². The number of hydrogen-bond donors (Lipinski definition) is 1. The molecule has 0 radical (unpaired) electrons. The molecule has 1 aliphatic heterocycles. The predicted octanol–water partition coefficient (Wildman–Crippen LogP) is 2.34. The van der Waals surface area contributed by atoms with E-state index in [0.29, 0.717) is 13.1 Å². The van der Waals surface area contributed by atoms with Crippen molar-refractivity contribution in [2.24, 2.45) is 0 Å². The van der Waals surface area contributed by atoms with Crippen LogP contribution in [0.15, 0.2) is 18.2 Å². The van der Waals surface area contributed by atoms with Gasteiger partial charge in [-0.3, -0.25) is 4.90 Å². The second-order valence-electron chi connectivity index (χ2n) is 4.59. The predicted molar refractivity (Wildman–Crippen MR) is 66.2 cm³/mol. The summed E-state index contributed by atoms with van der Waals surface area (Å²) in [6, 6.07) is 1.78. The molecule has 1 aromatic rings. The quantitative estimate of drug-likeness (QED) is 0.866. The molecule has 1 atom stereocenters. The van der Waals surface area contributed by atoms with Gasteiger partial charge in [-0.1, -0.05) is 12.1 Å². The highest BCUT2D eigenvalue weighted by Gasteiger charge is 2.46. The fourth-order valence-electron chi connectivity index (χ4n) is 2.48. The number of piperazine rings is 1. The zero-order valence-corrected chi connectivity index (χ0v) is 11.0. The lowest BCUT2D eigenvalue weighted by Crippen LogP contribution is -2.49. The summed E-state index contributed by atoms with van der Waals surface area (Å²) < 4.78 is 58.7. The number of alkyl halides is 3. The number of rotatable bonds is 3. The van der Waals surface area contributed by atoms with Crippen LogP contribution in [0.2, 0.25) is 0 Å². The van der Waals surface area contributed by atoms with Crippen molar-refractivity contribution in [1.29, 1.82) is 0 Å². The number of nitrogens with zero attached hydrogens (tertiary/aromatic N) is 1. The summed E-state index contributed by atoms with van der Waals surface area (Å²) in [6.07, 6.45) is -4.49. The van der Waals surface area contributed by atoms with Gasteiger partial charge in [0.2, 0.25) is 0 Å². The molecule has 7 heteroatoms. The van der Waals surface area contributed by atoms with Crippen LogP contribution in [0.3, 0.4) is 0 Å². The van der Waals surface area contributed by atoms with Gasteiger partial charge in [0.15, 0.2) is 11.6 Å². The first-order valence-corrected chi connectivity index (χ1v) is 6.29. The van der Waals surface area contributed by atoms with Crippen molar-refractivity contribution in [2.45, 2.75) is 12.2 Å². The maximum Gasteiger partial charge on any atom is 0.408 e. The van der Waals surface area contributed by atoms with E-state index in [0.717, 1.165) is 6.07 Å². The Kier molecular flexibility index (Phi) is 4.49. The normalized spacial score (nSPS) is 18.9. The second-order valence-corrected chi connectivity index (χ2v) is 4.59. The summed E-state index contributed by atoms with van der Waals surface area (Å²) in [4.78, 5) is 1.30. The van der Waals surface area contributed by atoms with Crippen molar-refractivity contribution in [3.63, 3.8) is 0 Å². The summed E-state index contributed by atoms with van der Waals surface area (Å²) in [5, 5.41) is 3.00. The monoisotopic (exact) mass is 292 g/mol. The van der Waals surface area contributed by atoms with E-state index in [1.165, 1.54) is 24.1 Å². The molecule has 0 bridgehead atoms. The highest BCUT2D eigenvalue weighted by molar-refractivity contribution is 5.38. The van der Waals surface area contributed by atoms with Crippen LogP contribution in [0.4, 0.5) is 17.6 Å². The Bertz CT molecular complexity index is 458. The van der Waals surface area contributed by atoms with Crippen molar-refractivity contribution in [1.82, 2.24) is 10.2 Å². The molecule has 112 valence electrons. The molecule has 1 saturated heterocycles. The first-order chi connectivity index (χ1) is 9.45. The van der Waals surface area contributed by atoms with Crippen LogP contribution >= 0.6 is 0 Å². The van der Waals surface area contributed by atoms with E-state index in [9.17, 15) is 17.6 Å². The molecular weight excluding hydrogens is 276 g/mol. The van der Waals surface area contributed by atoms with Gasteiger partial charge in [0.25, 0.3) is 0 Å². The Morgan fingerprint density at radius 1 is 1.25 bits per heavy atom. The highest BCUT2D eigenvalue weighted by Crippen LogP contribution is 2.42. The van der Waals surface area contributed by atoms with Crippen LogP contribution in [-0.2, 0) is 0 Å². The fraction of sp³-hybridized carbons (Fsp3) is 0.538. The van der Waals surface area contributed by atoms with Crippen molar-refractivity contribution < 1.29 is 22.3 Å². The van der Waals surface area contributed by atoms with Gasteiger partial charge in [-0.25, -0.2) is 4.39 Å². The minimum Gasteiger partial charge on any atom is -0.493 e. The fourth-order valence-corrected chi connectivity index (χ4v) is 2.48. The Balaban J connectivity index is 2.43. The van der Waals surface area contributed by atoms with Gasteiger partial charge in [0.05, 0.1) is 7.11 Å². The SMILES string of the molecule is COc1c(F)cccc1[C@H](N1CCNCC1)C(F)(F)F. The molecule has 0 aromatic heterocycles. The molecule has 1 fully saturated rings. The summed E-state index contributed by atoms with van der Waals surface area (Å²) >= 11 is 0. The molecule has 1 heterocycles. The Morgan fingerprint density at radius 3 is 2.45 bits per heavy atom. The molecule has 3 nitrogen and oxygen atoms in total. The number of halogens is 4. The molecular formula is C13H16F4N2O. The molecule has 0 saturated carbocycles. The minimum atomic E-state index is -4.49. The van der Waals surface area contributed by atoms with Gasteiger partial charge in [-0.2, -0.15) is 13.2 Å². The van der Waals surface area contributed by atoms with Crippen molar-refractivity contribution in [3.05, 3.63) is 29.6 Å².